The third kappa shape index (κ3) is 5.67. The Morgan fingerprint density at radius 1 is 0.689 bits per heavy atom. The van der Waals surface area contributed by atoms with Crippen molar-refractivity contribution in [1.29, 1.82) is 0 Å². The topological polar surface area (TPSA) is 160 Å². The SMILES string of the molecule is NCc1ccc(C(=O)NCCCCCCNC(=O)c2ccc3c(c2)C2(OC3=O)c3ccc(O)cc3Oc3cc(O)ccc32)cc1. The molecule has 10 nitrogen and oxygen atoms in total. The van der Waals surface area contributed by atoms with Crippen LogP contribution in [-0.4, -0.2) is 41.1 Å². The maximum absolute atomic E-state index is 13.2. The summed E-state index contributed by atoms with van der Waals surface area (Å²) in [5.41, 5.74) is 7.87. The van der Waals surface area contributed by atoms with E-state index in [1.54, 1.807) is 42.5 Å². The van der Waals surface area contributed by atoms with E-state index >= 15 is 0 Å². The number of aromatic hydroxyl groups is 2. The molecule has 6 N–H and O–H groups in total. The van der Waals surface area contributed by atoms with Crippen LogP contribution < -0.4 is 21.1 Å². The number of amides is 2. The van der Waals surface area contributed by atoms with E-state index in [0.29, 0.717) is 53.0 Å². The van der Waals surface area contributed by atoms with Crippen LogP contribution in [0, 0.1) is 0 Å². The highest BCUT2D eigenvalue weighted by atomic mass is 16.6. The van der Waals surface area contributed by atoms with Gasteiger partial charge in [0.25, 0.3) is 11.8 Å². The summed E-state index contributed by atoms with van der Waals surface area (Å²) in [6.45, 7) is 1.47. The summed E-state index contributed by atoms with van der Waals surface area (Å²) in [4.78, 5) is 38.6. The molecule has 0 radical (unpaired) electrons. The highest BCUT2D eigenvalue weighted by molar-refractivity contribution is 6.00. The van der Waals surface area contributed by atoms with Gasteiger partial charge < -0.3 is 36.1 Å². The Hall–Kier alpha value is -5.35. The molecular weight excluding hydrogens is 574 g/mol. The Kier molecular flexibility index (Phi) is 8.14. The second-order valence-corrected chi connectivity index (χ2v) is 11.1. The van der Waals surface area contributed by atoms with E-state index in [2.05, 4.69) is 10.6 Å². The van der Waals surface area contributed by atoms with Gasteiger partial charge in [-0.3, -0.25) is 9.59 Å². The zero-order valence-corrected chi connectivity index (χ0v) is 24.5. The molecule has 0 saturated heterocycles. The van der Waals surface area contributed by atoms with Crippen molar-refractivity contribution in [3.8, 4) is 23.0 Å². The number of hydrogen-bond acceptors (Lipinski definition) is 8. The number of hydrogen-bond donors (Lipinski definition) is 5. The number of rotatable bonds is 10. The number of esters is 1. The molecule has 2 amide bonds. The first-order chi connectivity index (χ1) is 21.8. The highest BCUT2D eigenvalue weighted by Crippen LogP contribution is 2.57. The number of fused-ring (bicyclic) bond motifs is 6. The van der Waals surface area contributed by atoms with Crippen LogP contribution in [0.4, 0.5) is 0 Å². The molecule has 4 aromatic carbocycles. The summed E-state index contributed by atoms with van der Waals surface area (Å²) >= 11 is 0. The van der Waals surface area contributed by atoms with E-state index < -0.39 is 11.6 Å². The largest absolute Gasteiger partial charge is 0.508 e. The summed E-state index contributed by atoms with van der Waals surface area (Å²) in [5, 5.41) is 26.1. The van der Waals surface area contributed by atoms with Gasteiger partial charge in [-0.1, -0.05) is 25.0 Å². The van der Waals surface area contributed by atoms with Crippen LogP contribution in [0.3, 0.4) is 0 Å². The van der Waals surface area contributed by atoms with Gasteiger partial charge in [-0.15, -0.1) is 0 Å². The summed E-state index contributed by atoms with van der Waals surface area (Å²) in [7, 11) is 0. The molecule has 0 atom stereocenters. The number of ether oxygens (including phenoxy) is 2. The van der Waals surface area contributed by atoms with Gasteiger partial charge in [0.2, 0.25) is 0 Å². The van der Waals surface area contributed by atoms with E-state index in [9.17, 15) is 24.6 Å². The maximum atomic E-state index is 13.2. The first-order valence-electron chi connectivity index (χ1n) is 14.9. The predicted molar refractivity (Wildman–Crippen MR) is 165 cm³/mol. The van der Waals surface area contributed by atoms with Crippen LogP contribution in [0.2, 0.25) is 0 Å². The Morgan fingerprint density at radius 2 is 1.24 bits per heavy atom. The third-order valence-corrected chi connectivity index (χ3v) is 8.16. The molecule has 0 fully saturated rings. The highest BCUT2D eigenvalue weighted by Gasteiger charge is 2.53. The molecule has 2 aliphatic rings. The van der Waals surface area contributed by atoms with Gasteiger partial charge in [0.15, 0.2) is 5.60 Å². The van der Waals surface area contributed by atoms with E-state index in [1.165, 1.54) is 24.3 Å². The van der Waals surface area contributed by atoms with Crippen molar-refractivity contribution in [3.63, 3.8) is 0 Å². The standard InChI is InChI=1S/C35H33N3O7/c36-20-21-5-7-22(8-6-21)32(41)37-15-3-1-2-4-16-38-33(42)23-9-12-26-29(17-23)35(45-34(26)43)27-13-10-24(39)18-30(27)44-31-19-25(40)11-14-28(31)35/h5-14,17-19,39-40H,1-4,15-16,20,36H2,(H,37,41)(H,38,42). The molecule has 1 spiro atoms. The fraction of sp³-hybridized carbons (Fsp3) is 0.229. The molecule has 6 rings (SSSR count). The van der Waals surface area contributed by atoms with Gasteiger partial charge in [0.05, 0.1) is 5.56 Å². The van der Waals surface area contributed by atoms with Gasteiger partial charge in [0, 0.05) is 59.6 Å². The molecule has 10 heteroatoms. The van der Waals surface area contributed by atoms with Crippen molar-refractivity contribution < 1.29 is 34.1 Å². The molecule has 0 aliphatic carbocycles. The molecule has 0 bridgehead atoms. The quantitative estimate of drug-likeness (QED) is 0.126. The van der Waals surface area contributed by atoms with Gasteiger partial charge in [-0.25, -0.2) is 4.79 Å². The summed E-state index contributed by atoms with van der Waals surface area (Å²) in [6, 6.07) is 21.1. The van der Waals surface area contributed by atoms with Crippen molar-refractivity contribution in [3.05, 3.63) is 118 Å². The Labute approximate surface area is 259 Å². The Morgan fingerprint density at radius 3 is 1.82 bits per heavy atom. The number of nitrogens with one attached hydrogen (secondary N) is 2. The van der Waals surface area contributed by atoms with Crippen LogP contribution in [0.25, 0.3) is 0 Å². The first-order valence-corrected chi connectivity index (χ1v) is 14.9. The number of phenolic OH excluding ortho intramolecular Hbond substituents is 2. The zero-order chi connectivity index (χ0) is 31.6. The molecule has 4 aromatic rings. The third-order valence-electron chi connectivity index (χ3n) is 8.16. The number of nitrogens with two attached hydrogens (primary N) is 1. The average molecular weight is 608 g/mol. The smallest absolute Gasteiger partial charge is 0.340 e. The zero-order valence-electron chi connectivity index (χ0n) is 24.5. The van der Waals surface area contributed by atoms with Gasteiger partial charge in [-0.05, 0) is 73.0 Å². The van der Waals surface area contributed by atoms with Crippen LogP contribution >= 0.6 is 0 Å². The van der Waals surface area contributed by atoms with Crippen LogP contribution in [0.5, 0.6) is 23.0 Å². The molecule has 2 heterocycles. The molecule has 0 saturated carbocycles. The number of benzene rings is 4. The Balaban J connectivity index is 1.08. The molecule has 45 heavy (non-hydrogen) atoms. The van der Waals surface area contributed by atoms with Crippen molar-refractivity contribution in [2.24, 2.45) is 5.73 Å². The number of unbranched alkanes of at least 4 members (excludes halogenated alkanes) is 3. The maximum Gasteiger partial charge on any atom is 0.340 e. The summed E-state index contributed by atoms with van der Waals surface area (Å²) < 4.78 is 12.1. The van der Waals surface area contributed by atoms with Crippen molar-refractivity contribution in [1.82, 2.24) is 10.6 Å². The van der Waals surface area contributed by atoms with E-state index in [-0.39, 0.29) is 34.8 Å². The summed E-state index contributed by atoms with van der Waals surface area (Å²) in [6.07, 6.45) is 3.37. The minimum Gasteiger partial charge on any atom is -0.508 e. The fourth-order valence-corrected chi connectivity index (χ4v) is 5.84. The minimum atomic E-state index is -1.43. The monoisotopic (exact) mass is 607 g/mol. The molecular formula is C35H33N3O7. The molecule has 0 unspecified atom stereocenters. The first kappa shape index (κ1) is 29.7. The van der Waals surface area contributed by atoms with Crippen molar-refractivity contribution in [2.45, 2.75) is 37.8 Å². The van der Waals surface area contributed by atoms with Crippen LogP contribution in [0.15, 0.2) is 78.9 Å². The lowest BCUT2D eigenvalue weighted by Gasteiger charge is -2.36. The lowest BCUT2D eigenvalue weighted by molar-refractivity contribution is 0.0224. The van der Waals surface area contributed by atoms with Crippen LogP contribution in [-0.2, 0) is 16.9 Å². The number of carbonyl (C=O) groups is 3. The number of phenols is 2. The van der Waals surface area contributed by atoms with Gasteiger partial charge in [-0.2, -0.15) is 0 Å². The lowest BCUT2D eigenvalue weighted by Crippen LogP contribution is -2.33. The minimum absolute atomic E-state index is 0.0381. The second kappa shape index (κ2) is 12.3. The predicted octanol–water partition coefficient (Wildman–Crippen LogP) is 4.84. The lowest BCUT2D eigenvalue weighted by atomic mass is 9.77. The Bertz CT molecular complexity index is 1730. The van der Waals surface area contributed by atoms with Gasteiger partial charge >= 0.3 is 5.97 Å². The van der Waals surface area contributed by atoms with Crippen molar-refractivity contribution in [2.75, 3.05) is 13.1 Å². The molecule has 230 valence electrons. The van der Waals surface area contributed by atoms with Crippen LogP contribution in [0.1, 0.15) is 79.0 Å². The van der Waals surface area contributed by atoms with E-state index in [4.69, 9.17) is 15.2 Å². The normalized spacial score (nSPS) is 13.7. The fourth-order valence-electron chi connectivity index (χ4n) is 5.84. The van der Waals surface area contributed by atoms with Gasteiger partial charge in [0.1, 0.15) is 23.0 Å². The molecule has 0 aromatic heterocycles. The van der Waals surface area contributed by atoms with Crippen molar-refractivity contribution >= 4 is 17.8 Å². The number of carbonyl (C=O) groups excluding carboxylic acids is 3. The second-order valence-electron chi connectivity index (χ2n) is 11.1. The summed E-state index contributed by atoms with van der Waals surface area (Å²) in [5.74, 6) is -0.499. The molecule has 2 aliphatic heterocycles. The average Bonchev–Trinajstić information content (AvgIpc) is 3.33. The van der Waals surface area contributed by atoms with E-state index in [1.807, 2.05) is 12.1 Å². The van der Waals surface area contributed by atoms with E-state index in [0.717, 1.165) is 31.2 Å².